The zero-order chi connectivity index (χ0) is 20.2. The molecular weight excluding hydrogens is 391 g/mol. The third-order valence-electron chi connectivity index (χ3n) is 4.82. The summed E-state index contributed by atoms with van der Waals surface area (Å²) in [6.45, 7) is 3.01. The van der Waals surface area contributed by atoms with Crippen LogP contribution in [0, 0.1) is 11.2 Å². The molecule has 0 spiro atoms. The summed E-state index contributed by atoms with van der Waals surface area (Å²) in [5.74, 6) is -0.134. The predicted molar refractivity (Wildman–Crippen MR) is 113 cm³/mol. The number of aliphatic imine (C=N–C) groups is 1. The van der Waals surface area contributed by atoms with Crippen molar-refractivity contribution in [1.82, 2.24) is 14.9 Å². The first-order chi connectivity index (χ1) is 14.1. The second-order valence-electron chi connectivity index (χ2n) is 6.77. The third kappa shape index (κ3) is 4.69. The van der Waals surface area contributed by atoms with Gasteiger partial charge >= 0.3 is 0 Å². The summed E-state index contributed by atoms with van der Waals surface area (Å²) in [5.41, 5.74) is 4.65. The number of hydrogen-bond acceptors (Lipinski definition) is 5. The van der Waals surface area contributed by atoms with Crippen molar-refractivity contribution in [1.29, 1.82) is 5.41 Å². The Kier molecular flexibility index (Phi) is 5.68. The number of anilines is 1. The number of halogens is 1. The lowest BCUT2D eigenvalue weighted by Gasteiger charge is -2.36. The van der Waals surface area contributed by atoms with Crippen LogP contribution in [0.3, 0.4) is 0 Å². The molecule has 29 heavy (non-hydrogen) atoms. The number of hydrogen-bond donors (Lipinski definition) is 2. The number of nitrogens with one attached hydrogen (secondary N) is 1. The number of fused-ring (bicyclic) bond motifs is 1. The summed E-state index contributed by atoms with van der Waals surface area (Å²) in [4.78, 5) is 12.3. The molecule has 0 radical (unpaired) electrons. The molecular formula is C20H21FN6OS. The smallest absolute Gasteiger partial charge is 0.219 e. The molecule has 0 amide bonds. The standard InChI is InChI=1S/C20H21FN6OS/c21-16-2-4-17(5-3-16)25-7-9-26(10-8-25)20(22)23-13-27(28)12-15-1-6-18-19(11-15)29-14-24-18/h1-6,11,13-14,22,28H,7-10,12H2. The maximum atomic E-state index is 13.1. The highest BCUT2D eigenvalue weighted by Gasteiger charge is 2.19. The maximum Gasteiger partial charge on any atom is 0.219 e. The van der Waals surface area contributed by atoms with Crippen LogP contribution in [-0.2, 0) is 6.54 Å². The van der Waals surface area contributed by atoms with Gasteiger partial charge in [0.15, 0.2) is 0 Å². The van der Waals surface area contributed by atoms with Gasteiger partial charge in [0.2, 0.25) is 5.96 Å². The molecule has 3 aromatic rings. The maximum absolute atomic E-state index is 13.1. The summed E-state index contributed by atoms with van der Waals surface area (Å²) in [6.07, 6.45) is 1.27. The van der Waals surface area contributed by atoms with E-state index in [1.807, 2.05) is 23.1 Å². The Labute approximate surface area is 171 Å². The van der Waals surface area contributed by atoms with Crippen molar-refractivity contribution in [3.05, 3.63) is 59.4 Å². The van der Waals surface area contributed by atoms with Crippen molar-refractivity contribution in [2.75, 3.05) is 31.1 Å². The van der Waals surface area contributed by atoms with E-state index < -0.39 is 0 Å². The van der Waals surface area contributed by atoms with Gasteiger partial charge in [-0.15, -0.1) is 11.3 Å². The summed E-state index contributed by atoms with van der Waals surface area (Å²) >= 11 is 1.56. The van der Waals surface area contributed by atoms with E-state index in [0.29, 0.717) is 13.1 Å². The normalized spacial score (nSPS) is 14.7. The van der Waals surface area contributed by atoms with Gasteiger partial charge in [0.05, 0.1) is 22.3 Å². The second-order valence-corrected chi connectivity index (χ2v) is 7.66. The zero-order valence-corrected chi connectivity index (χ0v) is 16.5. The van der Waals surface area contributed by atoms with Gasteiger partial charge in [-0.2, -0.15) is 0 Å². The minimum Gasteiger partial charge on any atom is -0.368 e. The molecule has 1 fully saturated rings. The van der Waals surface area contributed by atoms with E-state index in [1.165, 1.54) is 18.5 Å². The van der Waals surface area contributed by atoms with E-state index in [9.17, 15) is 9.60 Å². The van der Waals surface area contributed by atoms with E-state index >= 15 is 0 Å². The molecule has 4 rings (SSSR count). The van der Waals surface area contributed by atoms with Crippen LogP contribution < -0.4 is 4.90 Å². The highest BCUT2D eigenvalue weighted by atomic mass is 32.1. The van der Waals surface area contributed by atoms with Crippen molar-refractivity contribution in [2.45, 2.75) is 6.54 Å². The number of nitrogens with zero attached hydrogens (tertiary/aromatic N) is 5. The number of piperazine rings is 1. The Morgan fingerprint density at radius 1 is 1.21 bits per heavy atom. The SMILES string of the molecule is N=C(N=CN(O)Cc1ccc2ncsc2c1)N1CCN(c2ccc(F)cc2)CC1. The van der Waals surface area contributed by atoms with Crippen LogP contribution in [0.4, 0.5) is 10.1 Å². The number of aromatic nitrogens is 1. The number of hydroxylamine groups is 2. The van der Waals surface area contributed by atoms with Gasteiger partial charge in [-0.25, -0.2) is 19.4 Å². The van der Waals surface area contributed by atoms with Crippen LogP contribution in [-0.4, -0.2) is 58.6 Å². The van der Waals surface area contributed by atoms with Crippen molar-refractivity contribution < 1.29 is 9.60 Å². The number of thiazole rings is 1. The molecule has 150 valence electrons. The molecule has 1 aliphatic heterocycles. The number of guanidine groups is 1. The first kappa shape index (κ1) is 19.3. The van der Waals surface area contributed by atoms with Crippen molar-refractivity contribution in [3.63, 3.8) is 0 Å². The van der Waals surface area contributed by atoms with Crippen LogP contribution in [0.1, 0.15) is 5.56 Å². The lowest BCUT2D eigenvalue weighted by atomic mass is 10.2. The summed E-state index contributed by atoms with van der Waals surface area (Å²) in [5, 5.41) is 19.2. The molecule has 2 heterocycles. The summed E-state index contributed by atoms with van der Waals surface area (Å²) in [6, 6.07) is 12.3. The molecule has 2 aromatic carbocycles. The Morgan fingerprint density at radius 2 is 1.97 bits per heavy atom. The minimum absolute atomic E-state index is 0.112. The number of benzene rings is 2. The highest BCUT2D eigenvalue weighted by molar-refractivity contribution is 7.16. The second kappa shape index (κ2) is 8.54. The average molecular weight is 412 g/mol. The van der Waals surface area contributed by atoms with Crippen LogP contribution >= 0.6 is 11.3 Å². The van der Waals surface area contributed by atoms with Gasteiger partial charge in [-0.3, -0.25) is 10.6 Å². The lowest BCUT2D eigenvalue weighted by molar-refractivity contribution is -0.0164. The van der Waals surface area contributed by atoms with Crippen LogP contribution in [0.25, 0.3) is 10.2 Å². The monoisotopic (exact) mass is 412 g/mol. The Morgan fingerprint density at radius 3 is 2.72 bits per heavy atom. The molecule has 0 saturated carbocycles. The quantitative estimate of drug-likeness (QED) is 0.390. The molecule has 0 unspecified atom stereocenters. The van der Waals surface area contributed by atoms with Crippen LogP contribution in [0.2, 0.25) is 0 Å². The van der Waals surface area contributed by atoms with Gasteiger partial charge in [0.25, 0.3) is 0 Å². The summed E-state index contributed by atoms with van der Waals surface area (Å²) < 4.78 is 14.1. The molecule has 1 aliphatic rings. The highest BCUT2D eigenvalue weighted by Crippen LogP contribution is 2.20. The minimum atomic E-state index is -0.246. The Balaban J connectivity index is 1.28. The van der Waals surface area contributed by atoms with Crippen molar-refractivity contribution in [2.24, 2.45) is 4.99 Å². The molecule has 7 nitrogen and oxygen atoms in total. The van der Waals surface area contributed by atoms with E-state index in [2.05, 4.69) is 14.9 Å². The fourth-order valence-corrected chi connectivity index (χ4v) is 4.00. The molecule has 0 aliphatic carbocycles. The fourth-order valence-electron chi connectivity index (χ4n) is 3.26. The molecule has 9 heteroatoms. The molecule has 0 bridgehead atoms. The molecule has 2 N–H and O–H groups in total. The van der Waals surface area contributed by atoms with E-state index in [-0.39, 0.29) is 18.3 Å². The van der Waals surface area contributed by atoms with Gasteiger partial charge in [-0.05, 0) is 42.0 Å². The first-order valence-corrected chi connectivity index (χ1v) is 10.1. The van der Waals surface area contributed by atoms with Gasteiger partial charge < -0.3 is 9.80 Å². The fraction of sp³-hybridized carbons (Fsp3) is 0.250. The van der Waals surface area contributed by atoms with Gasteiger partial charge in [0, 0.05) is 31.9 Å². The van der Waals surface area contributed by atoms with Crippen molar-refractivity contribution >= 4 is 39.5 Å². The van der Waals surface area contributed by atoms with Gasteiger partial charge in [0.1, 0.15) is 12.2 Å². The Hall–Kier alpha value is -3.04. The topological polar surface area (TPSA) is 79.0 Å². The molecule has 1 saturated heterocycles. The van der Waals surface area contributed by atoms with E-state index in [4.69, 9.17) is 5.41 Å². The third-order valence-corrected chi connectivity index (χ3v) is 5.62. The zero-order valence-electron chi connectivity index (χ0n) is 15.7. The van der Waals surface area contributed by atoms with Crippen LogP contribution in [0.15, 0.2) is 53.0 Å². The first-order valence-electron chi connectivity index (χ1n) is 9.24. The van der Waals surface area contributed by atoms with Gasteiger partial charge in [-0.1, -0.05) is 6.07 Å². The van der Waals surface area contributed by atoms with Crippen LogP contribution in [0.5, 0.6) is 0 Å². The molecule has 1 aromatic heterocycles. The van der Waals surface area contributed by atoms with Crippen molar-refractivity contribution in [3.8, 4) is 0 Å². The predicted octanol–water partition coefficient (Wildman–Crippen LogP) is 3.41. The lowest BCUT2D eigenvalue weighted by Crippen LogP contribution is -2.48. The Bertz CT molecular complexity index is 1010. The molecule has 0 atom stereocenters. The van der Waals surface area contributed by atoms with E-state index in [1.54, 1.807) is 29.0 Å². The summed E-state index contributed by atoms with van der Waals surface area (Å²) in [7, 11) is 0. The number of rotatable bonds is 4. The largest absolute Gasteiger partial charge is 0.368 e. The van der Waals surface area contributed by atoms with E-state index in [0.717, 1.165) is 39.6 Å². The average Bonchev–Trinajstić information content (AvgIpc) is 3.20.